The first-order valence-electron chi connectivity index (χ1n) is 6.57. The maximum absolute atomic E-state index is 11.8. The van der Waals surface area contributed by atoms with Gasteiger partial charge in [-0.2, -0.15) is 0 Å². The van der Waals surface area contributed by atoms with E-state index in [1.54, 1.807) is 0 Å². The van der Waals surface area contributed by atoms with Crippen molar-refractivity contribution in [2.75, 3.05) is 26.7 Å². The molecule has 0 bridgehead atoms. The van der Waals surface area contributed by atoms with Crippen molar-refractivity contribution in [1.29, 1.82) is 0 Å². The second-order valence-electron chi connectivity index (χ2n) is 5.17. The van der Waals surface area contributed by atoms with Crippen LogP contribution in [0.1, 0.15) is 39.5 Å². The average molecular weight is 226 g/mol. The molecule has 16 heavy (non-hydrogen) atoms. The molecule has 1 saturated heterocycles. The van der Waals surface area contributed by atoms with Crippen LogP contribution >= 0.6 is 0 Å². The van der Waals surface area contributed by atoms with E-state index in [2.05, 4.69) is 24.1 Å². The van der Waals surface area contributed by atoms with Crippen molar-refractivity contribution in [3.63, 3.8) is 0 Å². The molecule has 3 nitrogen and oxygen atoms in total. The van der Waals surface area contributed by atoms with Crippen LogP contribution < -0.4 is 5.32 Å². The molecule has 0 atom stereocenters. The van der Waals surface area contributed by atoms with E-state index in [4.69, 9.17) is 0 Å². The fraction of sp³-hybridized carbons (Fsp3) is 0.923. The molecule has 1 heterocycles. The van der Waals surface area contributed by atoms with E-state index in [1.165, 1.54) is 12.8 Å². The number of likely N-dealkylation sites (tertiary alicyclic amines) is 1. The van der Waals surface area contributed by atoms with Gasteiger partial charge in [0.2, 0.25) is 5.91 Å². The van der Waals surface area contributed by atoms with Crippen LogP contribution in [0.15, 0.2) is 0 Å². The Morgan fingerprint density at radius 3 is 2.50 bits per heavy atom. The zero-order valence-corrected chi connectivity index (χ0v) is 11.0. The van der Waals surface area contributed by atoms with Crippen LogP contribution in [-0.2, 0) is 4.79 Å². The number of amides is 1. The number of nitrogens with one attached hydrogen (secondary N) is 1. The first-order valence-corrected chi connectivity index (χ1v) is 6.57. The van der Waals surface area contributed by atoms with Crippen LogP contribution in [0.4, 0.5) is 0 Å². The molecule has 0 aliphatic carbocycles. The highest BCUT2D eigenvalue weighted by Gasteiger charge is 2.23. The van der Waals surface area contributed by atoms with Crippen molar-refractivity contribution in [3.8, 4) is 0 Å². The van der Waals surface area contributed by atoms with E-state index in [0.29, 0.717) is 12.3 Å². The second-order valence-corrected chi connectivity index (χ2v) is 5.17. The topological polar surface area (TPSA) is 32.3 Å². The van der Waals surface area contributed by atoms with Crippen molar-refractivity contribution < 1.29 is 4.79 Å². The largest absolute Gasteiger partial charge is 0.343 e. The third-order valence-corrected chi connectivity index (χ3v) is 3.65. The van der Waals surface area contributed by atoms with Crippen LogP contribution in [0.5, 0.6) is 0 Å². The molecule has 0 saturated carbocycles. The second kappa shape index (κ2) is 6.89. The molecule has 0 spiro atoms. The maximum atomic E-state index is 11.8. The van der Waals surface area contributed by atoms with E-state index in [0.717, 1.165) is 37.9 Å². The van der Waals surface area contributed by atoms with Crippen molar-refractivity contribution in [2.24, 2.45) is 11.8 Å². The number of nitrogens with zero attached hydrogens (tertiary/aromatic N) is 1. The molecule has 1 aliphatic heterocycles. The Bertz CT molecular complexity index is 208. The zero-order chi connectivity index (χ0) is 12.0. The molecule has 94 valence electrons. The standard InChI is InChI=1S/C13H26N2O/c1-11(2)12-6-9-15(10-7-12)13(16)5-4-8-14-3/h11-12,14H,4-10H2,1-3H3. The molecule has 0 aromatic heterocycles. The normalized spacial score (nSPS) is 18.1. The Morgan fingerprint density at radius 2 is 2.00 bits per heavy atom. The fourth-order valence-corrected chi connectivity index (χ4v) is 2.39. The quantitative estimate of drug-likeness (QED) is 0.726. The van der Waals surface area contributed by atoms with Crippen LogP contribution in [0, 0.1) is 11.8 Å². The third kappa shape index (κ3) is 4.12. The molecule has 0 aromatic carbocycles. The molecular formula is C13H26N2O. The van der Waals surface area contributed by atoms with Crippen LogP contribution in [0.25, 0.3) is 0 Å². The molecule has 0 radical (unpaired) electrons. The van der Waals surface area contributed by atoms with Crippen LogP contribution in [0.2, 0.25) is 0 Å². The number of carbonyl (C=O) groups is 1. The molecular weight excluding hydrogens is 200 g/mol. The Kier molecular flexibility index (Phi) is 5.81. The van der Waals surface area contributed by atoms with E-state index < -0.39 is 0 Å². The van der Waals surface area contributed by atoms with Gasteiger partial charge in [-0.25, -0.2) is 0 Å². The minimum atomic E-state index is 0.345. The summed E-state index contributed by atoms with van der Waals surface area (Å²) in [5.41, 5.74) is 0. The molecule has 0 aromatic rings. The molecule has 1 aliphatic rings. The monoisotopic (exact) mass is 226 g/mol. The minimum Gasteiger partial charge on any atom is -0.343 e. The summed E-state index contributed by atoms with van der Waals surface area (Å²) in [5.74, 6) is 1.93. The highest BCUT2D eigenvalue weighted by molar-refractivity contribution is 5.76. The van der Waals surface area contributed by atoms with Gasteiger partial charge in [0.25, 0.3) is 0 Å². The van der Waals surface area contributed by atoms with Gasteiger partial charge < -0.3 is 10.2 Å². The first kappa shape index (κ1) is 13.5. The Morgan fingerprint density at radius 1 is 1.38 bits per heavy atom. The van der Waals surface area contributed by atoms with E-state index >= 15 is 0 Å². The van der Waals surface area contributed by atoms with Gasteiger partial charge in [0.05, 0.1) is 0 Å². The van der Waals surface area contributed by atoms with Crippen molar-refractivity contribution in [3.05, 3.63) is 0 Å². The lowest BCUT2D eigenvalue weighted by Crippen LogP contribution is -2.39. The Balaban J connectivity index is 2.22. The lowest BCUT2D eigenvalue weighted by molar-refractivity contribution is -0.132. The maximum Gasteiger partial charge on any atom is 0.222 e. The highest BCUT2D eigenvalue weighted by Crippen LogP contribution is 2.24. The summed E-state index contributed by atoms with van der Waals surface area (Å²) in [5, 5.41) is 3.08. The number of hydrogen-bond acceptors (Lipinski definition) is 2. The zero-order valence-electron chi connectivity index (χ0n) is 11.0. The van der Waals surface area contributed by atoms with Crippen molar-refractivity contribution in [1.82, 2.24) is 10.2 Å². The van der Waals surface area contributed by atoms with Crippen LogP contribution in [0.3, 0.4) is 0 Å². The Hall–Kier alpha value is -0.570. The van der Waals surface area contributed by atoms with Gasteiger partial charge in [-0.05, 0) is 44.7 Å². The lowest BCUT2D eigenvalue weighted by atomic mass is 9.86. The van der Waals surface area contributed by atoms with Crippen molar-refractivity contribution >= 4 is 5.91 Å². The summed E-state index contributed by atoms with van der Waals surface area (Å²) in [6.07, 6.45) is 4.04. The summed E-state index contributed by atoms with van der Waals surface area (Å²) < 4.78 is 0. The van der Waals surface area contributed by atoms with E-state index in [-0.39, 0.29) is 0 Å². The SMILES string of the molecule is CNCCCC(=O)N1CCC(C(C)C)CC1. The fourth-order valence-electron chi connectivity index (χ4n) is 2.39. The average Bonchev–Trinajstić information content (AvgIpc) is 2.29. The van der Waals surface area contributed by atoms with E-state index in [9.17, 15) is 4.79 Å². The molecule has 1 amide bonds. The van der Waals surface area contributed by atoms with Gasteiger partial charge in [0, 0.05) is 19.5 Å². The molecule has 0 unspecified atom stereocenters. The minimum absolute atomic E-state index is 0.345. The number of hydrogen-bond donors (Lipinski definition) is 1. The predicted octanol–water partition coefficient (Wildman–Crippen LogP) is 1.88. The highest BCUT2D eigenvalue weighted by atomic mass is 16.2. The van der Waals surface area contributed by atoms with Gasteiger partial charge in [0.1, 0.15) is 0 Å². The molecule has 3 heteroatoms. The summed E-state index contributed by atoms with van der Waals surface area (Å²) in [7, 11) is 1.93. The summed E-state index contributed by atoms with van der Waals surface area (Å²) >= 11 is 0. The van der Waals surface area contributed by atoms with Gasteiger partial charge in [-0.15, -0.1) is 0 Å². The van der Waals surface area contributed by atoms with Gasteiger partial charge in [-0.3, -0.25) is 4.79 Å². The van der Waals surface area contributed by atoms with Gasteiger partial charge in [-0.1, -0.05) is 13.8 Å². The molecule has 1 rings (SSSR count). The predicted molar refractivity (Wildman–Crippen MR) is 67.3 cm³/mol. The summed E-state index contributed by atoms with van der Waals surface area (Å²) in [6.45, 7) is 7.46. The summed E-state index contributed by atoms with van der Waals surface area (Å²) in [4.78, 5) is 13.9. The number of rotatable bonds is 5. The lowest BCUT2D eigenvalue weighted by Gasteiger charge is -2.34. The smallest absolute Gasteiger partial charge is 0.222 e. The first-order chi connectivity index (χ1) is 7.65. The Labute approximate surface area is 99.6 Å². The molecule has 1 fully saturated rings. The van der Waals surface area contributed by atoms with Gasteiger partial charge >= 0.3 is 0 Å². The van der Waals surface area contributed by atoms with Gasteiger partial charge in [0.15, 0.2) is 0 Å². The third-order valence-electron chi connectivity index (χ3n) is 3.65. The van der Waals surface area contributed by atoms with Crippen LogP contribution in [-0.4, -0.2) is 37.5 Å². The van der Waals surface area contributed by atoms with E-state index in [1.807, 2.05) is 7.05 Å². The van der Waals surface area contributed by atoms with Crippen molar-refractivity contribution in [2.45, 2.75) is 39.5 Å². The number of piperidine rings is 1. The summed E-state index contributed by atoms with van der Waals surface area (Å²) in [6, 6.07) is 0. The number of carbonyl (C=O) groups excluding carboxylic acids is 1. The molecule has 1 N–H and O–H groups in total.